The standard InChI is InChI=1S/C18H10Cl2N2S.2H2O/c19-11-1-3-13-15(9-11)21-7-5-17(13)23-18-6-8-22-16-10-12(20)2-4-14(16)18;;/h1-10H;2*1H2. The molecule has 0 aliphatic carbocycles. The van der Waals surface area contributed by atoms with E-state index in [0.29, 0.717) is 10.0 Å². The van der Waals surface area contributed by atoms with Crippen LogP contribution in [0, 0.1) is 0 Å². The van der Waals surface area contributed by atoms with Gasteiger partial charge in [-0.15, -0.1) is 0 Å². The van der Waals surface area contributed by atoms with Gasteiger partial charge >= 0.3 is 0 Å². The highest BCUT2D eigenvalue weighted by atomic mass is 35.5. The molecule has 4 rings (SSSR count). The number of fused-ring (bicyclic) bond motifs is 2. The highest BCUT2D eigenvalue weighted by Gasteiger charge is 2.08. The maximum absolute atomic E-state index is 6.06. The SMILES string of the molecule is Clc1ccc2c(Sc3ccnc4cc(Cl)ccc34)ccnc2c1.O.O. The first-order valence-electron chi connectivity index (χ1n) is 6.97. The molecule has 0 saturated carbocycles. The molecule has 7 heteroatoms. The van der Waals surface area contributed by atoms with E-state index in [1.54, 1.807) is 24.2 Å². The van der Waals surface area contributed by atoms with Crippen LogP contribution >= 0.6 is 35.0 Å². The first-order valence-corrected chi connectivity index (χ1v) is 8.54. The lowest BCUT2D eigenvalue weighted by Crippen LogP contribution is -1.85. The van der Waals surface area contributed by atoms with Crippen LogP contribution in [-0.2, 0) is 0 Å². The van der Waals surface area contributed by atoms with E-state index in [9.17, 15) is 0 Å². The van der Waals surface area contributed by atoms with E-state index in [0.717, 1.165) is 31.6 Å². The zero-order valence-corrected chi connectivity index (χ0v) is 15.2. The van der Waals surface area contributed by atoms with Crippen molar-refractivity contribution in [2.75, 3.05) is 0 Å². The number of benzene rings is 2. The van der Waals surface area contributed by atoms with Gasteiger partial charge in [-0.05, 0) is 36.4 Å². The Labute approximate surface area is 158 Å². The summed E-state index contributed by atoms with van der Waals surface area (Å²) < 4.78 is 0. The molecular formula is C18H14Cl2N2O2S. The molecule has 0 aliphatic rings. The van der Waals surface area contributed by atoms with Crippen LogP contribution in [0.5, 0.6) is 0 Å². The lowest BCUT2D eigenvalue weighted by atomic mass is 10.2. The van der Waals surface area contributed by atoms with Crippen LogP contribution in [0.2, 0.25) is 10.0 Å². The smallest absolute Gasteiger partial charge is 0.0728 e. The molecule has 0 atom stereocenters. The molecule has 2 aromatic carbocycles. The Bertz CT molecular complexity index is 961. The molecule has 0 bridgehead atoms. The molecule has 0 spiro atoms. The number of aromatic nitrogens is 2. The van der Waals surface area contributed by atoms with Gasteiger partial charge in [0.05, 0.1) is 11.0 Å². The summed E-state index contributed by atoms with van der Waals surface area (Å²) in [6.45, 7) is 0. The summed E-state index contributed by atoms with van der Waals surface area (Å²) in [5.74, 6) is 0. The summed E-state index contributed by atoms with van der Waals surface area (Å²) in [5, 5.41) is 3.55. The monoisotopic (exact) mass is 392 g/mol. The Morgan fingerprint density at radius 2 is 1.08 bits per heavy atom. The second-order valence-corrected chi connectivity index (χ2v) is 7.00. The van der Waals surface area contributed by atoms with Crippen LogP contribution in [0.25, 0.3) is 21.8 Å². The normalized spacial score (nSPS) is 10.3. The van der Waals surface area contributed by atoms with E-state index in [2.05, 4.69) is 9.97 Å². The van der Waals surface area contributed by atoms with Gasteiger partial charge in [0.25, 0.3) is 0 Å². The molecule has 4 aromatic rings. The molecule has 0 fully saturated rings. The van der Waals surface area contributed by atoms with Crippen molar-refractivity contribution in [1.82, 2.24) is 9.97 Å². The Hall–Kier alpha value is -1.89. The summed E-state index contributed by atoms with van der Waals surface area (Å²) in [4.78, 5) is 11.0. The van der Waals surface area contributed by atoms with Crippen LogP contribution in [0.1, 0.15) is 0 Å². The number of halogens is 2. The van der Waals surface area contributed by atoms with Crippen LogP contribution in [0.4, 0.5) is 0 Å². The predicted molar refractivity (Wildman–Crippen MR) is 105 cm³/mol. The number of hydrogen-bond donors (Lipinski definition) is 0. The third kappa shape index (κ3) is 3.86. The molecule has 2 heterocycles. The molecule has 0 radical (unpaired) electrons. The summed E-state index contributed by atoms with van der Waals surface area (Å²) >= 11 is 13.8. The molecule has 4 nitrogen and oxygen atoms in total. The van der Waals surface area contributed by atoms with Crippen molar-refractivity contribution in [3.63, 3.8) is 0 Å². The van der Waals surface area contributed by atoms with E-state index in [4.69, 9.17) is 23.2 Å². The quantitative estimate of drug-likeness (QED) is 0.499. The van der Waals surface area contributed by atoms with Crippen molar-refractivity contribution >= 4 is 56.8 Å². The summed E-state index contributed by atoms with van der Waals surface area (Å²) in [5.41, 5.74) is 1.79. The van der Waals surface area contributed by atoms with Crippen molar-refractivity contribution in [2.24, 2.45) is 0 Å². The third-order valence-corrected chi connectivity index (χ3v) is 5.17. The van der Waals surface area contributed by atoms with Gasteiger partial charge in [0, 0.05) is 43.0 Å². The van der Waals surface area contributed by atoms with Gasteiger partial charge in [0.2, 0.25) is 0 Å². The van der Waals surface area contributed by atoms with Crippen LogP contribution < -0.4 is 0 Å². The zero-order valence-electron chi connectivity index (χ0n) is 12.8. The third-order valence-electron chi connectivity index (χ3n) is 3.55. The minimum absolute atomic E-state index is 0. The number of nitrogens with zero attached hydrogens (tertiary/aromatic N) is 2. The Kier molecular flexibility index (Phi) is 6.21. The average Bonchev–Trinajstić information content (AvgIpc) is 2.54. The topological polar surface area (TPSA) is 88.8 Å². The van der Waals surface area contributed by atoms with Gasteiger partial charge in [0.15, 0.2) is 0 Å². The molecule has 25 heavy (non-hydrogen) atoms. The minimum Gasteiger partial charge on any atom is -0.412 e. The highest BCUT2D eigenvalue weighted by molar-refractivity contribution is 7.99. The molecule has 128 valence electrons. The lowest BCUT2D eigenvalue weighted by molar-refractivity contribution is 0.823. The zero-order chi connectivity index (χ0) is 15.8. The van der Waals surface area contributed by atoms with Gasteiger partial charge in [-0.1, -0.05) is 47.1 Å². The molecule has 0 unspecified atom stereocenters. The molecule has 2 aromatic heterocycles. The van der Waals surface area contributed by atoms with Gasteiger partial charge in [0.1, 0.15) is 0 Å². The second-order valence-electron chi connectivity index (χ2n) is 5.04. The predicted octanol–water partition coefficient (Wildman–Crippen LogP) is 4.59. The summed E-state index contributed by atoms with van der Waals surface area (Å²) in [6.07, 6.45) is 3.61. The van der Waals surface area contributed by atoms with Crippen molar-refractivity contribution in [3.05, 3.63) is 71.0 Å². The molecule has 0 aliphatic heterocycles. The largest absolute Gasteiger partial charge is 0.412 e. The van der Waals surface area contributed by atoms with Crippen molar-refractivity contribution in [1.29, 1.82) is 0 Å². The highest BCUT2D eigenvalue weighted by Crippen LogP contribution is 2.37. The summed E-state index contributed by atoms with van der Waals surface area (Å²) in [6, 6.07) is 15.6. The van der Waals surface area contributed by atoms with Gasteiger partial charge in [-0.25, -0.2) is 0 Å². The first-order chi connectivity index (χ1) is 11.2. The second kappa shape index (κ2) is 7.99. The van der Waals surface area contributed by atoms with E-state index in [-0.39, 0.29) is 11.0 Å². The van der Waals surface area contributed by atoms with E-state index < -0.39 is 0 Å². The number of pyridine rings is 2. The van der Waals surface area contributed by atoms with E-state index >= 15 is 0 Å². The summed E-state index contributed by atoms with van der Waals surface area (Å²) in [7, 11) is 0. The van der Waals surface area contributed by atoms with Crippen LogP contribution in [0.3, 0.4) is 0 Å². The van der Waals surface area contributed by atoms with Crippen molar-refractivity contribution < 1.29 is 11.0 Å². The molecule has 0 saturated heterocycles. The van der Waals surface area contributed by atoms with Crippen LogP contribution in [-0.4, -0.2) is 20.9 Å². The van der Waals surface area contributed by atoms with E-state index in [1.165, 1.54) is 0 Å². The minimum atomic E-state index is 0. The van der Waals surface area contributed by atoms with Gasteiger partial charge < -0.3 is 11.0 Å². The first kappa shape index (κ1) is 19.4. The molecular weight excluding hydrogens is 379 g/mol. The van der Waals surface area contributed by atoms with Gasteiger partial charge in [-0.2, -0.15) is 0 Å². The molecule has 0 amide bonds. The molecule has 4 N–H and O–H groups in total. The lowest BCUT2D eigenvalue weighted by Gasteiger charge is -2.08. The fraction of sp³-hybridized carbons (Fsp3) is 0. The van der Waals surface area contributed by atoms with Crippen molar-refractivity contribution in [2.45, 2.75) is 9.79 Å². The van der Waals surface area contributed by atoms with Gasteiger partial charge in [-0.3, -0.25) is 9.97 Å². The fourth-order valence-electron chi connectivity index (χ4n) is 2.49. The van der Waals surface area contributed by atoms with E-state index in [1.807, 2.05) is 48.5 Å². The average molecular weight is 393 g/mol. The fourth-order valence-corrected chi connectivity index (χ4v) is 3.88. The Morgan fingerprint density at radius 3 is 1.52 bits per heavy atom. The Balaban J connectivity index is 0.00000113. The number of hydrogen-bond acceptors (Lipinski definition) is 3. The number of rotatable bonds is 2. The van der Waals surface area contributed by atoms with Crippen LogP contribution in [0.15, 0.2) is 70.7 Å². The maximum Gasteiger partial charge on any atom is 0.0728 e. The Morgan fingerprint density at radius 1 is 0.640 bits per heavy atom. The van der Waals surface area contributed by atoms with Crippen molar-refractivity contribution in [3.8, 4) is 0 Å². The maximum atomic E-state index is 6.06.